The first kappa shape index (κ1) is 14.8. The van der Waals surface area contributed by atoms with E-state index in [1.165, 1.54) is 11.3 Å². The van der Waals surface area contributed by atoms with Gasteiger partial charge in [0.2, 0.25) is 0 Å². The molecule has 0 aliphatic heterocycles. The minimum Gasteiger partial charge on any atom is -0.330 e. The molecule has 0 heterocycles. The molecule has 2 N–H and O–H groups in total. The van der Waals surface area contributed by atoms with E-state index in [1.807, 2.05) is 6.92 Å². The van der Waals surface area contributed by atoms with Gasteiger partial charge in [-0.3, -0.25) is 4.90 Å². The topological polar surface area (TPSA) is 29.3 Å². The monoisotopic (exact) mass is 252 g/mol. The van der Waals surface area contributed by atoms with Crippen molar-refractivity contribution in [1.29, 1.82) is 0 Å². The van der Waals surface area contributed by atoms with E-state index in [9.17, 15) is 13.2 Å². The molecule has 0 aromatic heterocycles. The molecule has 0 saturated heterocycles. The number of hydrogen-bond donors (Lipinski definition) is 1. The molecular weight excluding hydrogens is 229 g/mol. The normalized spacial score (nSPS) is 19.4. The summed E-state index contributed by atoms with van der Waals surface area (Å²) < 4.78 is 37.1. The van der Waals surface area contributed by atoms with Gasteiger partial charge in [0, 0.05) is 0 Å². The van der Waals surface area contributed by atoms with Crippen molar-refractivity contribution in [3.05, 3.63) is 0 Å². The number of alkyl halides is 3. The standard InChI is InChI=1S/C12H23F3N2/c1-2-7-17(10-12(13,14)15)8-6-11(9-16)4-3-5-11/h2-10,16H2,1H3. The minimum atomic E-state index is -4.09. The van der Waals surface area contributed by atoms with Gasteiger partial charge in [-0.1, -0.05) is 13.3 Å². The molecule has 0 spiro atoms. The van der Waals surface area contributed by atoms with Gasteiger partial charge in [-0.05, 0) is 50.7 Å². The van der Waals surface area contributed by atoms with Gasteiger partial charge < -0.3 is 5.73 Å². The molecule has 2 nitrogen and oxygen atoms in total. The zero-order valence-electron chi connectivity index (χ0n) is 10.5. The van der Waals surface area contributed by atoms with Crippen LogP contribution >= 0.6 is 0 Å². The number of rotatable bonds is 7. The Hall–Kier alpha value is -0.290. The first-order valence-corrected chi connectivity index (χ1v) is 6.40. The molecule has 1 fully saturated rings. The fourth-order valence-electron chi connectivity index (χ4n) is 2.47. The number of hydrogen-bond acceptors (Lipinski definition) is 2. The highest BCUT2D eigenvalue weighted by atomic mass is 19.4. The van der Waals surface area contributed by atoms with Crippen molar-refractivity contribution in [3.63, 3.8) is 0 Å². The lowest BCUT2D eigenvalue weighted by atomic mass is 9.66. The molecule has 0 unspecified atom stereocenters. The van der Waals surface area contributed by atoms with Crippen LogP contribution in [0.1, 0.15) is 39.0 Å². The maximum absolute atomic E-state index is 12.4. The zero-order chi connectivity index (χ0) is 12.9. The van der Waals surface area contributed by atoms with Gasteiger partial charge in [0.05, 0.1) is 6.54 Å². The van der Waals surface area contributed by atoms with Crippen LogP contribution < -0.4 is 5.73 Å². The Bertz CT molecular complexity index is 219. The van der Waals surface area contributed by atoms with Gasteiger partial charge in [0.1, 0.15) is 0 Å². The van der Waals surface area contributed by atoms with Gasteiger partial charge in [-0.2, -0.15) is 13.2 Å². The summed E-state index contributed by atoms with van der Waals surface area (Å²) in [6.45, 7) is 2.76. The van der Waals surface area contributed by atoms with E-state index in [0.29, 0.717) is 19.6 Å². The predicted octanol–water partition coefficient (Wildman–Crippen LogP) is 2.78. The first-order chi connectivity index (χ1) is 7.91. The third-order valence-corrected chi connectivity index (χ3v) is 3.75. The highest BCUT2D eigenvalue weighted by Crippen LogP contribution is 2.43. The fraction of sp³-hybridized carbons (Fsp3) is 1.00. The van der Waals surface area contributed by atoms with Crippen LogP contribution in [0.25, 0.3) is 0 Å². The Balaban J connectivity index is 2.38. The molecule has 0 bridgehead atoms. The zero-order valence-corrected chi connectivity index (χ0v) is 10.5. The lowest BCUT2D eigenvalue weighted by Gasteiger charge is -2.42. The van der Waals surface area contributed by atoms with E-state index in [1.54, 1.807) is 0 Å². The molecular formula is C12H23F3N2. The van der Waals surface area contributed by atoms with E-state index in [4.69, 9.17) is 5.73 Å². The van der Waals surface area contributed by atoms with E-state index < -0.39 is 12.7 Å². The molecule has 1 aliphatic rings. The van der Waals surface area contributed by atoms with Crippen molar-refractivity contribution in [1.82, 2.24) is 4.90 Å². The third kappa shape index (κ3) is 4.84. The minimum absolute atomic E-state index is 0.136. The maximum atomic E-state index is 12.4. The van der Waals surface area contributed by atoms with Crippen molar-refractivity contribution in [2.75, 3.05) is 26.2 Å². The number of halogens is 3. The van der Waals surface area contributed by atoms with Crippen molar-refractivity contribution < 1.29 is 13.2 Å². The molecule has 0 atom stereocenters. The van der Waals surface area contributed by atoms with Crippen LogP contribution in [0.4, 0.5) is 13.2 Å². The van der Waals surface area contributed by atoms with Gasteiger partial charge in [0.25, 0.3) is 0 Å². The van der Waals surface area contributed by atoms with E-state index in [0.717, 1.165) is 25.7 Å². The molecule has 1 rings (SSSR count). The average molecular weight is 252 g/mol. The number of nitrogens with zero attached hydrogens (tertiary/aromatic N) is 1. The van der Waals surface area contributed by atoms with Crippen LogP contribution in [0.5, 0.6) is 0 Å². The van der Waals surface area contributed by atoms with Crippen molar-refractivity contribution in [2.45, 2.75) is 45.2 Å². The molecule has 1 aliphatic carbocycles. The molecule has 0 amide bonds. The Morgan fingerprint density at radius 2 is 1.88 bits per heavy atom. The molecule has 0 aromatic rings. The van der Waals surface area contributed by atoms with Crippen LogP contribution in [0, 0.1) is 5.41 Å². The molecule has 0 aromatic carbocycles. The Labute approximate surface area is 101 Å². The lowest BCUT2D eigenvalue weighted by Crippen LogP contribution is -2.42. The SMILES string of the molecule is CCCN(CCC1(CN)CCC1)CC(F)(F)F. The quantitative estimate of drug-likeness (QED) is 0.755. The van der Waals surface area contributed by atoms with Gasteiger partial charge in [-0.25, -0.2) is 0 Å². The van der Waals surface area contributed by atoms with Crippen LogP contribution in [0.3, 0.4) is 0 Å². The molecule has 0 radical (unpaired) electrons. The van der Waals surface area contributed by atoms with Crippen molar-refractivity contribution in [3.8, 4) is 0 Å². The second kappa shape index (κ2) is 6.05. The summed E-state index contributed by atoms with van der Waals surface area (Å²) in [6.07, 6.45) is 0.797. The second-order valence-corrected chi connectivity index (χ2v) is 5.20. The van der Waals surface area contributed by atoms with E-state index in [-0.39, 0.29) is 5.41 Å². The summed E-state index contributed by atoms with van der Waals surface area (Å²) in [5.74, 6) is 0. The van der Waals surface area contributed by atoms with Crippen LogP contribution in [-0.4, -0.2) is 37.3 Å². The lowest BCUT2D eigenvalue weighted by molar-refractivity contribution is -0.147. The Morgan fingerprint density at radius 3 is 2.24 bits per heavy atom. The summed E-state index contributed by atoms with van der Waals surface area (Å²) >= 11 is 0. The summed E-state index contributed by atoms with van der Waals surface area (Å²) in [5, 5.41) is 0. The molecule has 102 valence electrons. The molecule has 1 saturated carbocycles. The highest BCUT2D eigenvalue weighted by Gasteiger charge is 2.36. The fourth-order valence-corrected chi connectivity index (χ4v) is 2.47. The maximum Gasteiger partial charge on any atom is 0.401 e. The smallest absolute Gasteiger partial charge is 0.330 e. The van der Waals surface area contributed by atoms with Crippen LogP contribution in [0.2, 0.25) is 0 Å². The summed E-state index contributed by atoms with van der Waals surface area (Å²) in [6, 6.07) is 0. The predicted molar refractivity (Wildman–Crippen MR) is 62.7 cm³/mol. The van der Waals surface area contributed by atoms with Gasteiger partial charge >= 0.3 is 6.18 Å². The van der Waals surface area contributed by atoms with Crippen molar-refractivity contribution >= 4 is 0 Å². The van der Waals surface area contributed by atoms with Gasteiger partial charge in [-0.15, -0.1) is 0 Å². The first-order valence-electron chi connectivity index (χ1n) is 6.40. The summed E-state index contributed by atoms with van der Waals surface area (Å²) in [7, 11) is 0. The van der Waals surface area contributed by atoms with E-state index >= 15 is 0 Å². The Morgan fingerprint density at radius 1 is 1.24 bits per heavy atom. The summed E-state index contributed by atoms with van der Waals surface area (Å²) in [4.78, 5) is 1.51. The summed E-state index contributed by atoms with van der Waals surface area (Å²) in [5.41, 5.74) is 5.85. The van der Waals surface area contributed by atoms with E-state index in [2.05, 4.69) is 0 Å². The third-order valence-electron chi connectivity index (χ3n) is 3.75. The molecule has 17 heavy (non-hydrogen) atoms. The Kier molecular flexibility index (Phi) is 5.25. The van der Waals surface area contributed by atoms with Crippen molar-refractivity contribution in [2.24, 2.45) is 11.1 Å². The van der Waals surface area contributed by atoms with Crippen LogP contribution in [-0.2, 0) is 0 Å². The second-order valence-electron chi connectivity index (χ2n) is 5.20. The van der Waals surface area contributed by atoms with Gasteiger partial charge in [0.15, 0.2) is 0 Å². The van der Waals surface area contributed by atoms with Crippen LogP contribution in [0.15, 0.2) is 0 Å². The molecule has 5 heteroatoms. The number of nitrogens with two attached hydrogens (primary N) is 1. The largest absolute Gasteiger partial charge is 0.401 e. The highest BCUT2D eigenvalue weighted by molar-refractivity contribution is 4.89. The average Bonchev–Trinajstić information content (AvgIpc) is 2.14.